The molecule has 0 radical (unpaired) electrons. The smallest absolute Gasteiger partial charge is 0.137 e. The Morgan fingerprint density at radius 2 is 2.29 bits per heavy atom. The molecule has 0 saturated carbocycles. The molecule has 1 unspecified atom stereocenters. The minimum absolute atomic E-state index is 0.0419. The van der Waals surface area contributed by atoms with Gasteiger partial charge in [-0.25, -0.2) is 4.39 Å². The topological polar surface area (TPSA) is 43.8 Å². The summed E-state index contributed by atoms with van der Waals surface area (Å²) in [7, 11) is 0. The van der Waals surface area contributed by atoms with Crippen LogP contribution in [0.25, 0.3) is 0 Å². The van der Waals surface area contributed by atoms with Crippen molar-refractivity contribution in [3.05, 3.63) is 52.0 Å². The normalized spacial score (nSPS) is 12.7. The number of benzene rings is 1. The molecule has 2 aromatic rings. The van der Waals surface area contributed by atoms with E-state index in [4.69, 9.17) is 5.73 Å². The van der Waals surface area contributed by atoms with Crippen LogP contribution >= 0.6 is 15.9 Å². The minimum Gasteiger partial charge on any atom is -0.324 e. The number of nitrogens with two attached hydrogens (primary N) is 1. The van der Waals surface area contributed by atoms with Crippen molar-refractivity contribution in [1.82, 2.24) is 9.78 Å². The van der Waals surface area contributed by atoms with Crippen LogP contribution in [0.3, 0.4) is 0 Å². The van der Waals surface area contributed by atoms with Crippen LogP contribution in [-0.4, -0.2) is 9.78 Å². The molecular weight excluding hydrogens is 285 g/mol. The Labute approximate surface area is 108 Å². The van der Waals surface area contributed by atoms with Gasteiger partial charge in [0.25, 0.3) is 0 Å². The fraction of sp³-hybridized carbons (Fsp3) is 0.250. The average molecular weight is 298 g/mol. The predicted molar refractivity (Wildman–Crippen MR) is 68.0 cm³/mol. The maximum absolute atomic E-state index is 13.3. The number of hydrogen-bond donors (Lipinski definition) is 1. The van der Waals surface area contributed by atoms with Gasteiger partial charge in [-0.3, -0.25) is 4.68 Å². The molecule has 0 saturated heterocycles. The summed E-state index contributed by atoms with van der Waals surface area (Å²) >= 11 is 3.23. The van der Waals surface area contributed by atoms with Crippen LogP contribution in [-0.2, 0) is 6.54 Å². The molecule has 1 atom stereocenters. The first-order valence-corrected chi connectivity index (χ1v) is 6.08. The Morgan fingerprint density at radius 1 is 1.53 bits per heavy atom. The highest BCUT2D eigenvalue weighted by Crippen LogP contribution is 2.21. The molecule has 2 N–H and O–H groups in total. The zero-order valence-corrected chi connectivity index (χ0v) is 11.0. The standard InChI is InChI=1S/C12H13BrFN3/c1-8(15)10-5-16-17(7-10)6-9-3-2-4-11(14)12(9)13/h2-5,7-8H,6,15H2,1H3. The second-order valence-electron chi connectivity index (χ2n) is 3.97. The van der Waals surface area contributed by atoms with Crippen LogP contribution in [0, 0.1) is 5.82 Å². The largest absolute Gasteiger partial charge is 0.324 e. The summed E-state index contributed by atoms with van der Waals surface area (Å²) in [6, 6.07) is 4.93. The molecule has 0 aliphatic heterocycles. The Balaban J connectivity index is 2.22. The molecule has 5 heteroatoms. The van der Waals surface area contributed by atoms with E-state index in [1.807, 2.05) is 19.2 Å². The first-order valence-electron chi connectivity index (χ1n) is 5.28. The van der Waals surface area contributed by atoms with Gasteiger partial charge in [-0.1, -0.05) is 12.1 Å². The van der Waals surface area contributed by atoms with Gasteiger partial charge >= 0.3 is 0 Å². The van der Waals surface area contributed by atoms with Crippen molar-refractivity contribution in [3.63, 3.8) is 0 Å². The summed E-state index contributed by atoms with van der Waals surface area (Å²) in [5.74, 6) is -0.262. The summed E-state index contributed by atoms with van der Waals surface area (Å²) < 4.78 is 15.6. The van der Waals surface area contributed by atoms with Crippen molar-refractivity contribution < 1.29 is 4.39 Å². The fourth-order valence-corrected chi connectivity index (χ4v) is 1.94. The summed E-state index contributed by atoms with van der Waals surface area (Å²) in [5.41, 5.74) is 7.57. The first kappa shape index (κ1) is 12.3. The van der Waals surface area contributed by atoms with Gasteiger partial charge in [-0.15, -0.1) is 0 Å². The molecule has 1 aromatic carbocycles. The maximum Gasteiger partial charge on any atom is 0.137 e. The van der Waals surface area contributed by atoms with Crippen LogP contribution in [0.1, 0.15) is 24.1 Å². The number of rotatable bonds is 3. The summed E-state index contributed by atoms with van der Waals surface area (Å²) in [6.45, 7) is 2.42. The molecule has 0 fully saturated rings. The zero-order chi connectivity index (χ0) is 12.4. The molecule has 0 aliphatic rings. The average Bonchev–Trinajstić information content (AvgIpc) is 2.73. The lowest BCUT2D eigenvalue weighted by Crippen LogP contribution is -2.04. The SMILES string of the molecule is CC(N)c1cnn(Cc2cccc(F)c2Br)c1. The molecule has 90 valence electrons. The van der Waals surface area contributed by atoms with Gasteiger partial charge in [0.05, 0.1) is 17.2 Å². The number of halogens is 2. The predicted octanol–water partition coefficient (Wildman–Crippen LogP) is 2.85. The third kappa shape index (κ3) is 2.73. The van der Waals surface area contributed by atoms with Crippen LogP contribution in [0.15, 0.2) is 35.1 Å². The van der Waals surface area contributed by atoms with Gasteiger partial charge in [0.1, 0.15) is 5.82 Å². The Morgan fingerprint density at radius 3 is 2.94 bits per heavy atom. The molecule has 3 nitrogen and oxygen atoms in total. The van der Waals surface area contributed by atoms with Crippen LogP contribution in [0.2, 0.25) is 0 Å². The van der Waals surface area contributed by atoms with E-state index in [-0.39, 0.29) is 11.9 Å². The van der Waals surface area contributed by atoms with E-state index in [0.29, 0.717) is 11.0 Å². The molecular formula is C12H13BrFN3. The van der Waals surface area contributed by atoms with Gasteiger partial charge in [0, 0.05) is 17.8 Å². The first-order chi connectivity index (χ1) is 8.08. The highest BCUT2D eigenvalue weighted by atomic mass is 79.9. The monoisotopic (exact) mass is 297 g/mol. The van der Waals surface area contributed by atoms with Crippen molar-refractivity contribution in [2.24, 2.45) is 5.73 Å². The van der Waals surface area contributed by atoms with E-state index >= 15 is 0 Å². The minimum atomic E-state index is -0.262. The lowest BCUT2D eigenvalue weighted by Gasteiger charge is -2.05. The Bertz CT molecular complexity index is 522. The van der Waals surface area contributed by atoms with E-state index in [1.54, 1.807) is 16.9 Å². The maximum atomic E-state index is 13.3. The van der Waals surface area contributed by atoms with E-state index in [9.17, 15) is 4.39 Å². The molecule has 0 spiro atoms. The van der Waals surface area contributed by atoms with Gasteiger partial charge in [0.15, 0.2) is 0 Å². The molecule has 0 bridgehead atoms. The molecule has 2 rings (SSSR count). The number of hydrogen-bond acceptors (Lipinski definition) is 2. The third-order valence-corrected chi connectivity index (χ3v) is 3.43. The van der Waals surface area contributed by atoms with E-state index in [1.165, 1.54) is 6.07 Å². The molecule has 1 aromatic heterocycles. The number of aromatic nitrogens is 2. The van der Waals surface area contributed by atoms with Crippen LogP contribution in [0.4, 0.5) is 4.39 Å². The van der Waals surface area contributed by atoms with E-state index in [0.717, 1.165) is 11.1 Å². The lowest BCUT2D eigenvalue weighted by atomic mass is 10.2. The molecule has 0 aliphatic carbocycles. The summed E-state index contributed by atoms with van der Waals surface area (Å²) in [5, 5.41) is 4.20. The number of nitrogens with zero attached hydrogens (tertiary/aromatic N) is 2. The zero-order valence-electron chi connectivity index (χ0n) is 9.40. The second-order valence-corrected chi connectivity index (χ2v) is 4.77. The second kappa shape index (κ2) is 4.98. The van der Waals surface area contributed by atoms with Crippen molar-refractivity contribution in [3.8, 4) is 0 Å². The van der Waals surface area contributed by atoms with Crippen molar-refractivity contribution in [2.45, 2.75) is 19.5 Å². The highest BCUT2D eigenvalue weighted by Gasteiger charge is 2.07. The highest BCUT2D eigenvalue weighted by molar-refractivity contribution is 9.10. The van der Waals surface area contributed by atoms with Gasteiger partial charge in [-0.2, -0.15) is 5.10 Å². The van der Waals surface area contributed by atoms with Crippen LogP contribution < -0.4 is 5.73 Å². The van der Waals surface area contributed by atoms with E-state index in [2.05, 4.69) is 21.0 Å². The van der Waals surface area contributed by atoms with Crippen molar-refractivity contribution >= 4 is 15.9 Å². The molecule has 17 heavy (non-hydrogen) atoms. The quantitative estimate of drug-likeness (QED) is 0.947. The van der Waals surface area contributed by atoms with Crippen molar-refractivity contribution in [2.75, 3.05) is 0 Å². The molecule has 0 amide bonds. The van der Waals surface area contributed by atoms with Gasteiger partial charge in [0.2, 0.25) is 0 Å². The van der Waals surface area contributed by atoms with Crippen molar-refractivity contribution in [1.29, 1.82) is 0 Å². The van der Waals surface area contributed by atoms with E-state index < -0.39 is 0 Å². The van der Waals surface area contributed by atoms with Gasteiger partial charge < -0.3 is 5.73 Å². The Hall–Kier alpha value is -1.20. The summed E-state index contributed by atoms with van der Waals surface area (Å²) in [6.07, 6.45) is 3.61. The Kier molecular flexibility index (Phi) is 3.59. The third-order valence-electron chi connectivity index (χ3n) is 2.54. The van der Waals surface area contributed by atoms with Gasteiger partial charge in [-0.05, 0) is 34.5 Å². The summed E-state index contributed by atoms with van der Waals surface area (Å²) in [4.78, 5) is 0. The molecule has 1 heterocycles. The lowest BCUT2D eigenvalue weighted by molar-refractivity contribution is 0.611. The fourth-order valence-electron chi connectivity index (χ4n) is 1.55. The van der Waals surface area contributed by atoms with Crippen LogP contribution in [0.5, 0.6) is 0 Å².